The highest BCUT2D eigenvalue weighted by molar-refractivity contribution is 9.10. The molecule has 17 heavy (non-hydrogen) atoms. The first-order chi connectivity index (χ1) is 8.12. The van der Waals surface area contributed by atoms with Gasteiger partial charge < -0.3 is 4.74 Å². The number of halogens is 1. The van der Waals surface area contributed by atoms with Crippen molar-refractivity contribution in [2.24, 2.45) is 5.92 Å². The molecule has 1 aromatic carbocycles. The van der Waals surface area contributed by atoms with Crippen LogP contribution < -0.4 is 0 Å². The van der Waals surface area contributed by atoms with E-state index in [-0.39, 0.29) is 5.97 Å². The van der Waals surface area contributed by atoms with Gasteiger partial charge in [-0.15, -0.1) is 0 Å². The predicted octanol–water partition coefficient (Wildman–Crippen LogP) is 3.68. The van der Waals surface area contributed by atoms with Gasteiger partial charge in [-0.1, -0.05) is 41.4 Å². The molecular weight excluding hydrogens is 280 g/mol. The summed E-state index contributed by atoms with van der Waals surface area (Å²) in [6, 6.07) is 8.00. The average molecular weight is 297 g/mol. The monoisotopic (exact) mass is 296 g/mol. The molecule has 2 nitrogen and oxygen atoms in total. The minimum atomic E-state index is -0.404. The highest BCUT2D eigenvalue weighted by Gasteiger charge is 2.51. The van der Waals surface area contributed by atoms with Gasteiger partial charge in [0.05, 0.1) is 12.5 Å². The molecule has 2 rings (SSSR count). The first kappa shape index (κ1) is 12.6. The zero-order valence-corrected chi connectivity index (χ0v) is 11.8. The van der Waals surface area contributed by atoms with Crippen molar-refractivity contribution in [1.29, 1.82) is 0 Å². The molecular formula is C14H17BrO2. The smallest absolute Gasteiger partial charge is 0.316 e. The van der Waals surface area contributed by atoms with E-state index in [2.05, 4.69) is 22.9 Å². The fourth-order valence-electron chi connectivity index (χ4n) is 2.72. The summed E-state index contributed by atoms with van der Waals surface area (Å²) in [4.78, 5) is 12.1. The fourth-order valence-corrected chi connectivity index (χ4v) is 3.12. The van der Waals surface area contributed by atoms with Crippen molar-refractivity contribution in [2.45, 2.75) is 31.6 Å². The number of carbonyl (C=O) groups is 1. The van der Waals surface area contributed by atoms with Crippen LogP contribution >= 0.6 is 15.9 Å². The van der Waals surface area contributed by atoms with Crippen LogP contribution in [0.5, 0.6) is 0 Å². The van der Waals surface area contributed by atoms with Crippen LogP contribution in [-0.4, -0.2) is 13.1 Å². The predicted molar refractivity (Wildman–Crippen MR) is 70.9 cm³/mol. The summed E-state index contributed by atoms with van der Waals surface area (Å²) >= 11 is 3.46. The standard InChI is InChI=1S/C14H17BrO2/c1-3-10-8-14(9-10,13(16)17-2)11-5-4-6-12(15)7-11/h4-7,10H,3,8-9H2,1-2H3. The van der Waals surface area contributed by atoms with E-state index in [1.54, 1.807) is 0 Å². The molecule has 0 N–H and O–H groups in total. The lowest BCUT2D eigenvalue weighted by Crippen LogP contribution is -2.48. The maximum atomic E-state index is 12.1. The zero-order chi connectivity index (χ0) is 12.5. The van der Waals surface area contributed by atoms with Crippen molar-refractivity contribution >= 4 is 21.9 Å². The number of esters is 1. The van der Waals surface area contributed by atoms with Crippen molar-refractivity contribution in [1.82, 2.24) is 0 Å². The highest BCUT2D eigenvalue weighted by Crippen LogP contribution is 2.50. The number of hydrogen-bond donors (Lipinski definition) is 0. The van der Waals surface area contributed by atoms with E-state index in [1.165, 1.54) is 7.11 Å². The lowest BCUT2D eigenvalue weighted by molar-refractivity contribution is -0.153. The Kier molecular flexibility index (Phi) is 3.57. The Morgan fingerprint density at radius 2 is 2.24 bits per heavy atom. The Morgan fingerprint density at radius 1 is 1.53 bits per heavy atom. The van der Waals surface area contributed by atoms with Gasteiger partial charge in [0.1, 0.15) is 0 Å². The third kappa shape index (κ3) is 2.13. The topological polar surface area (TPSA) is 26.3 Å². The molecule has 1 aliphatic rings. The largest absolute Gasteiger partial charge is 0.468 e. The van der Waals surface area contributed by atoms with Gasteiger partial charge in [-0.3, -0.25) is 4.79 Å². The van der Waals surface area contributed by atoms with Crippen LogP contribution in [0.25, 0.3) is 0 Å². The van der Waals surface area contributed by atoms with Crippen molar-refractivity contribution in [3.8, 4) is 0 Å². The minimum Gasteiger partial charge on any atom is -0.468 e. The van der Waals surface area contributed by atoms with E-state index in [0.717, 1.165) is 29.3 Å². The molecule has 3 heteroatoms. The number of methoxy groups -OCH3 is 1. The normalized spacial score (nSPS) is 27.4. The van der Waals surface area contributed by atoms with Gasteiger partial charge in [0, 0.05) is 4.47 Å². The Hall–Kier alpha value is -0.830. The van der Waals surface area contributed by atoms with Gasteiger partial charge in [0.2, 0.25) is 0 Å². The van der Waals surface area contributed by atoms with E-state index in [0.29, 0.717) is 5.92 Å². The summed E-state index contributed by atoms with van der Waals surface area (Å²) in [7, 11) is 1.47. The lowest BCUT2D eigenvalue weighted by Gasteiger charge is -2.45. The van der Waals surface area contributed by atoms with Crippen molar-refractivity contribution in [2.75, 3.05) is 7.11 Å². The van der Waals surface area contributed by atoms with Gasteiger partial charge in [0.25, 0.3) is 0 Å². The number of carbonyl (C=O) groups excluding carboxylic acids is 1. The first-order valence-electron chi connectivity index (χ1n) is 5.97. The molecule has 0 saturated heterocycles. The number of rotatable bonds is 3. The molecule has 0 heterocycles. The van der Waals surface area contributed by atoms with E-state index < -0.39 is 5.41 Å². The van der Waals surface area contributed by atoms with Gasteiger partial charge in [0.15, 0.2) is 0 Å². The van der Waals surface area contributed by atoms with Crippen LogP contribution in [0.2, 0.25) is 0 Å². The van der Waals surface area contributed by atoms with E-state index in [1.807, 2.05) is 24.3 Å². The van der Waals surface area contributed by atoms with Crippen LogP contribution in [0.3, 0.4) is 0 Å². The number of ether oxygens (including phenoxy) is 1. The molecule has 0 unspecified atom stereocenters. The second kappa shape index (κ2) is 4.81. The molecule has 0 bridgehead atoms. The van der Waals surface area contributed by atoms with Crippen molar-refractivity contribution in [3.63, 3.8) is 0 Å². The van der Waals surface area contributed by atoms with Gasteiger partial charge in [-0.2, -0.15) is 0 Å². The quantitative estimate of drug-likeness (QED) is 0.796. The van der Waals surface area contributed by atoms with Crippen molar-refractivity contribution < 1.29 is 9.53 Å². The van der Waals surface area contributed by atoms with Crippen LogP contribution in [0.1, 0.15) is 31.7 Å². The van der Waals surface area contributed by atoms with Gasteiger partial charge >= 0.3 is 5.97 Å². The molecule has 1 saturated carbocycles. The Morgan fingerprint density at radius 3 is 2.76 bits per heavy atom. The highest BCUT2D eigenvalue weighted by atomic mass is 79.9. The fraction of sp³-hybridized carbons (Fsp3) is 0.500. The Labute approximate surface area is 110 Å². The molecule has 0 aliphatic heterocycles. The maximum absolute atomic E-state index is 12.1. The summed E-state index contributed by atoms with van der Waals surface area (Å²) in [6.07, 6.45) is 2.95. The van der Waals surface area contributed by atoms with E-state index in [9.17, 15) is 4.79 Å². The number of benzene rings is 1. The molecule has 92 valence electrons. The second-order valence-electron chi connectivity index (χ2n) is 4.77. The minimum absolute atomic E-state index is 0.0969. The molecule has 1 aromatic rings. The molecule has 0 aromatic heterocycles. The summed E-state index contributed by atoms with van der Waals surface area (Å²) in [5, 5.41) is 0. The number of hydrogen-bond acceptors (Lipinski definition) is 2. The van der Waals surface area contributed by atoms with Crippen LogP contribution in [0, 0.1) is 5.92 Å². The maximum Gasteiger partial charge on any atom is 0.316 e. The molecule has 0 atom stereocenters. The zero-order valence-electron chi connectivity index (χ0n) is 10.2. The summed E-state index contributed by atoms with van der Waals surface area (Å²) in [5.74, 6) is 0.549. The first-order valence-corrected chi connectivity index (χ1v) is 6.76. The molecule has 1 aliphatic carbocycles. The molecule has 0 spiro atoms. The third-order valence-corrected chi connectivity index (χ3v) is 4.30. The lowest BCUT2D eigenvalue weighted by atomic mass is 9.58. The third-order valence-electron chi connectivity index (χ3n) is 3.80. The Balaban J connectivity index is 2.33. The second-order valence-corrected chi connectivity index (χ2v) is 5.68. The summed E-state index contributed by atoms with van der Waals surface area (Å²) < 4.78 is 6.00. The summed E-state index contributed by atoms with van der Waals surface area (Å²) in [6.45, 7) is 2.17. The van der Waals surface area contributed by atoms with Gasteiger partial charge in [-0.05, 0) is 36.5 Å². The van der Waals surface area contributed by atoms with Crippen LogP contribution in [0.4, 0.5) is 0 Å². The summed E-state index contributed by atoms with van der Waals surface area (Å²) in [5.41, 5.74) is 0.669. The Bertz CT molecular complexity index is 422. The SMILES string of the molecule is CCC1CC(C(=O)OC)(c2cccc(Br)c2)C1. The average Bonchev–Trinajstić information content (AvgIpc) is 2.28. The van der Waals surface area contributed by atoms with E-state index in [4.69, 9.17) is 4.74 Å². The van der Waals surface area contributed by atoms with Gasteiger partial charge in [-0.25, -0.2) is 0 Å². The van der Waals surface area contributed by atoms with Crippen LogP contribution in [0.15, 0.2) is 28.7 Å². The molecule has 1 fully saturated rings. The van der Waals surface area contributed by atoms with Crippen molar-refractivity contribution in [3.05, 3.63) is 34.3 Å². The molecule has 0 amide bonds. The van der Waals surface area contributed by atoms with E-state index >= 15 is 0 Å². The molecule has 0 radical (unpaired) electrons. The van der Waals surface area contributed by atoms with Crippen LogP contribution in [-0.2, 0) is 14.9 Å².